The molecule has 0 spiro atoms. The second kappa shape index (κ2) is 8.68. The van der Waals surface area contributed by atoms with E-state index in [1.165, 1.54) is 0 Å². The molecule has 6 nitrogen and oxygen atoms in total. The first-order valence-electron chi connectivity index (χ1n) is 8.67. The summed E-state index contributed by atoms with van der Waals surface area (Å²) >= 11 is 0. The molecule has 1 aromatic carbocycles. The predicted molar refractivity (Wildman–Crippen MR) is 94.0 cm³/mol. The highest BCUT2D eigenvalue weighted by atomic mass is 16.5. The van der Waals surface area contributed by atoms with Gasteiger partial charge in [0.05, 0.1) is 12.2 Å². The minimum Gasteiger partial charge on any atom is -0.477 e. The maximum atomic E-state index is 12.5. The zero-order valence-corrected chi connectivity index (χ0v) is 14.5. The number of hydrogen-bond donors (Lipinski definition) is 2. The Kier molecular flexibility index (Phi) is 6.61. The Labute approximate surface area is 143 Å². The standard InChI is InChI=1S/C18H27N3O3/c1-3-13(4-2)20-18(23)16-12-21(17(22)10-7-11-19)14-8-5-6-9-15(14)24-16/h5-6,8-9,13,16H,3-4,7,10-12,19H2,1-2H3,(H,20,23). The van der Waals surface area contributed by atoms with Crippen molar-refractivity contribution in [3.8, 4) is 5.75 Å². The number of rotatable bonds is 7. The van der Waals surface area contributed by atoms with E-state index in [0.29, 0.717) is 30.8 Å². The molecule has 3 N–H and O–H groups in total. The lowest BCUT2D eigenvalue weighted by Crippen LogP contribution is -2.52. The average Bonchev–Trinajstić information content (AvgIpc) is 2.62. The second-order valence-electron chi connectivity index (χ2n) is 5.99. The lowest BCUT2D eigenvalue weighted by molar-refractivity contribution is -0.129. The molecule has 1 aliphatic rings. The first-order chi connectivity index (χ1) is 11.6. The van der Waals surface area contributed by atoms with E-state index in [0.717, 1.165) is 12.8 Å². The third-order valence-corrected chi connectivity index (χ3v) is 4.29. The number of nitrogens with zero attached hydrogens (tertiary/aromatic N) is 1. The van der Waals surface area contributed by atoms with Crippen molar-refractivity contribution in [3.63, 3.8) is 0 Å². The van der Waals surface area contributed by atoms with Crippen LogP contribution >= 0.6 is 0 Å². The normalized spacial score (nSPS) is 16.5. The largest absolute Gasteiger partial charge is 0.477 e. The summed E-state index contributed by atoms with van der Waals surface area (Å²) in [7, 11) is 0. The van der Waals surface area contributed by atoms with E-state index in [4.69, 9.17) is 10.5 Å². The smallest absolute Gasteiger partial charge is 0.263 e. The number of anilines is 1. The van der Waals surface area contributed by atoms with Crippen LogP contribution in [0.15, 0.2) is 24.3 Å². The summed E-state index contributed by atoms with van der Waals surface area (Å²) < 4.78 is 5.84. The van der Waals surface area contributed by atoms with E-state index in [9.17, 15) is 9.59 Å². The number of nitrogens with one attached hydrogen (secondary N) is 1. The number of para-hydroxylation sites is 2. The molecule has 0 aliphatic carbocycles. The van der Waals surface area contributed by atoms with E-state index in [2.05, 4.69) is 5.32 Å². The van der Waals surface area contributed by atoms with Crippen molar-refractivity contribution in [3.05, 3.63) is 24.3 Å². The van der Waals surface area contributed by atoms with Crippen molar-refractivity contribution in [1.82, 2.24) is 5.32 Å². The lowest BCUT2D eigenvalue weighted by Gasteiger charge is -2.34. The third-order valence-electron chi connectivity index (χ3n) is 4.29. The molecule has 1 atom stereocenters. The summed E-state index contributed by atoms with van der Waals surface area (Å²) in [5.74, 6) is 0.362. The SMILES string of the molecule is CCC(CC)NC(=O)C1CN(C(=O)CCCN)c2ccccc2O1. The maximum Gasteiger partial charge on any atom is 0.263 e. The summed E-state index contributed by atoms with van der Waals surface area (Å²) in [6, 6.07) is 7.44. The fourth-order valence-corrected chi connectivity index (χ4v) is 2.78. The van der Waals surface area contributed by atoms with E-state index < -0.39 is 6.10 Å². The maximum absolute atomic E-state index is 12.5. The van der Waals surface area contributed by atoms with Crippen molar-refractivity contribution < 1.29 is 14.3 Å². The number of benzene rings is 1. The Balaban J connectivity index is 2.17. The Morgan fingerprint density at radius 2 is 2.04 bits per heavy atom. The van der Waals surface area contributed by atoms with Crippen LogP contribution in [0.3, 0.4) is 0 Å². The summed E-state index contributed by atoms with van der Waals surface area (Å²) in [6.45, 7) is 4.77. The van der Waals surface area contributed by atoms with Crippen molar-refractivity contribution in [2.45, 2.75) is 51.7 Å². The molecule has 2 rings (SSSR count). The Morgan fingerprint density at radius 1 is 1.33 bits per heavy atom. The number of hydrogen-bond acceptors (Lipinski definition) is 4. The van der Waals surface area contributed by atoms with Crippen LogP contribution in [0, 0.1) is 0 Å². The molecule has 24 heavy (non-hydrogen) atoms. The van der Waals surface area contributed by atoms with Crippen molar-refractivity contribution in [1.29, 1.82) is 0 Å². The van der Waals surface area contributed by atoms with Crippen LogP contribution < -0.4 is 20.7 Å². The number of fused-ring (bicyclic) bond motifs is 1. The predicted octanol–water partition coefficient (Wildman–Crippen LogP) is 1.82. The van der Waals surface area contributed by atoms with Gasteiger partial charge >= 0.3 is 0 Å². The summed E-state index contributed by atoms with van der Waals surface area (Å²) in [6.07, 6.45) is 2.03. The minimum atomic E-state index is -0.692. The monoisotopic (exact) mass is 333 g/mol. The molecule has 0 aromatic heterocycles. The van der Waals surface area contributed by atoms with Crippen LogP contribution in [0.4, 0.5) is 5.69 Å². The summed E-state index contributed by atoms with van der Waals surface area (Å²) in [5, 5.41) is 3.00. The molecule has 1 heterocycles. The Morgan fingerprint density at radius 3 is 2.71 bits per heavy atom. The van der Waals surface area contributed by atoms with Crippen LogP contribution in [0.25, 0.3) is 0 Å². The fourth-order valence-electron chi connectivity index (χ4n) is 2.78. The zero-order valence-electron chi connectivity index (χ0n) is 14.5. The quantitative estimate of drug-likeness (QED) is 0.797. The van der Waals surface area contributed by atoms with Crippen molar-refractivity contribution in [2.75, 3.05) is 18.0 Å². The Hall–Kier alpha value is -2.08. The number of carbonyl (C=O) groups excluding carboxylic acids is 2. The van der Waals surface area contributed by atoms with E-state index in [1.54, 1.807) is 11.0 Å². The first kappa shape index (κ1) is 18.3. The summed E-state index contributed by atoms with van der Waals surface area (Å²) in [5.41, 5.74) is 6.22. The molecular weight excluding hydrogens is 306 g/mol. The molecule has 0 radical (unpaired) electrons. The molecule has 0 saturated carbocycles. The molecule has 0 bridgehead atoms. The summed E-state index contributed by atoms with van der Waals surface area (Å²) in [4.78, 5) is 26.7. The van der Waals surface area contributed by atoms with Gasteiger partial charge in [-0.15, -0.1) is 0 Å². The molecular formula is C18H27N3O3. The second-order valence-corrected chi connectivity index (χ2v) is 5.99. The van der Waals surface area contributed by atoms with Gasteiger partial charge in [0.15, 0.2) is 6.10 Å². The molecule has 132 valence electrons. The topological polar surface area (TPSA) is 84.7 Å². The van der Waals surface area contributed by atoms with Crippen LogP contribution in [0.1, 0.15) is 39.5 Å². The van der Waals surface area contributed by atoms with Gasteiger partial charge in [-0.25, -0.2) is 0 Å². The van der Waals surface area contributed by atoms with Crippen LogP contribution in [0.2, 0.25) is 0 Å². The van der Waals surface area contributed by atoms with Gasteiger partial charge < -0.3 is 20.7 Å². The number of carbonyl (C=O) groups is 2. The number of ether oxygens (including phenoxy) is 1. The van der Waals surface area contributed by atoms with E-state index >= 15 is 0 Å². The molecule has 1 aliphatic heterocycles. The van der Waals surface area contributed by atoms with Crippen molar-refractivity contribution >= 4 is 17.5 Å². The first-order valence-corrected chi connectivity index (χ1v) is 8.67. The van der Waals surface area contributed by atoms with E-state index in [-0.39, 0.29) is 24.4 Å². The molecule has 0 saturated heterocycles. The van der Waals surface area contributed by atoms with Crippen LogP contribution in [0.5, 0.6) is 5.75 Å². The number of amides is 2. The highest BCUT2D eigenvalue weighted by molar-refractivity contribution is 5.97. The zero-order chi connectivity index (χ0) is 17.5. The fraction of sp³-hybridized carbons (Fsp3) is 0.556. The van der Waals surface area contributed by atoms with Crippen LogP contribution in [-0.4, -0.2) is 37.0 Å². The number of nitrogens with two attached hydrogens (primary N) is 1. The van der Waals surface area contributed by atoms with Gasteiger partial charge in [-0.3, -0.25) is 9.59 Å². The highest BCUT2D eigenvalue weighted by Gasteiger charge is 2.33. The highest BCUT2D eigenvalue weighted by Crippen LogP contribution is 2.33. The molecule has 0 fully saturated rings. The van der Waals surface area contributed by atoms with Crippen LogP contribution in [-0.2, 0) is 9.59 Å². The average molecular weight is 333 g/mol. The van der Waals surface area contributed by atoms with E-state index in [1.807, 2.05) is 32.0 Å². The molecule has 1 unspecified atom stereocenters. The van der Waals surface area contributed by atoms with Gasteiger partial charge in [-0.05, 0) is 37.9 Å². The molecule has 2 amide bonds. The van der Waals surface area contributed by atoms with Gasteiger partial charge in [-0.2, -0.15) is 0 Å². The van der Waals surface area contributed by atoms with Gasteiger partial charge in [0.2, 0.25) is 5.91 Å². The molecule has 1 aromatic rings. The third kappa shape index (κ3) is 4.26. The van der Waals surface area contributed by atoms with Gasteiger partial charge in [0.1, 0.15) is 5.75 Å². The van der Waals surface area contributed by atoms with Gasteiger partial charge in [0.25, 0.3) is 5.91 Å². The minimum absolute atomic E-state index is 0.0310. The van der Waals surface area contributed by atoms with Crippen molar-refractivity contribution in [2.24, 2.45) is 5.73 Å². The Bertz CT molecular complexity index is 572. The van der Waals surface area contributed by atoms with Gasteiger partial charge in [-0.1, -0.05) is 26.0 Å². The lowest BCUT2D eigenvalue weighted by atomic mass is 10.1. The van der Waals surface area contributed by atoms with Gasteiger partial charge in [0, 0.05) is 12.5 Å². The molecule has 6 heteroatoms.